The highest BCUT2D eigenvalue weighted by Gasteiger charge is 2.20. The van der Waals surface area contributed by atoms with E-state index >= 15 is 0 Å². The number of amides is 1. The van der Waals surface area contributed by atoms with Gasteiger partial charge in [0.2, 0.25) is 5.91 Å². The van der Waals surface area contributed by atoms with Crippen LogP contribution in [0.1, 0.15) is 271 Å². The SMILES string of the molecule is CCCC/C=C\C/C=C\CCCCCCCC(=O)OCCCCCCCCCCCC(=O)NC(CO)C(O)CCCCCCCCCCCCCCCCCCCC. The molecule has 342 valence electrons. The van der Waals surface area contributed by atoms with E-state index in [0.717, 1.165) is 70.6 Å². The first-order chi connectivity index (χ1) is 28.5. The number of allylic oxidation sites excluding steroid dienone is 4. The summed E-state index contributed by atoms with van der Waals surface area (Å²) in [4.78, 5) is 24.5. The van der Waals surface area contributed by atoms with E-state index in [-0.39, 0.29) is 18.5 Å². The van der Waals surface area contributed by atoms with Crippen molar-refractivity contribution in [3.8, 4) is 0 Å². The molecule has 2 unspecified atom stereocenters. The van der Waals surface area contributed by atoms with E-state index < -0.39 is 12.1 Å². The third kappa shape index (κ3) is 43.9. The molecule has 0 aliphatic heterocycles. The monoisotopic (exact) mass is 818 g/mol. The molecule has 0 rings (SSSR count). The van der Waals surface area contributed by atoms with Gasteiger partial charge in [-0.15, -0.1) is 0 Å². The number of hydrogen-bond acceptors (Lipinski definition) is 5. The molecule has 0 aromatic heterocycles. The van der Waals surface area contributed by atoms with Crippen molar-refractivity contribution in [1.82, 2.24) is 5.32 Å². The Hall–Kier alpha value is -1.66. The van der Waals surface area contributed by atoms with Crippen LogP contribution in [0, 0.1) is 0 Å². The van der Waals surface area contributed by atoms with Crippen molar-refractivity contribution in [2.75, 3.05) is 13.2 Å². The number of ether oxygens (including phenoxy) is 1. The van der Waals surface area contributed by atoms with Crippen LogP contribution in [0.15, 0.2) is 24.3 Å². The van der Waals surface area contributed by atoms with Gasteiger partial charge in [0.25, 0.3) is 0 Å². The van der Waals surface area contributed by atoms with E-state index in [2.05, 4.69) is 43.5 Å². The van der Waals surface area contributed by atoms with Gasteiger partial charge in [0, 0.05) is 12.8 Å². The number of carbonyl (C=O) groups is 2. The van der Waals surface area contributed by atoms with Gasteiger partial charge in [0.15, 0.2) is 0 Å². The Bertz CT molecular complexity index is 904. The lowest BCUT2D eigenvalue weighted by Gasteiger charge is -2.22. The van der Waals surface area contributed by atoms with Crippen LogP contribution in [0.25, 0.3) is 0 Å². The number of carbonyl (C=O) groups excluding carboxylic acids is 2. The summed E-state index contributed by atoms with van der Waals surface area (Å²) < 4.78 is 5.44. The topological polar surface area (TPSA) is 95.9 Å². The maximum absolute atomic E-state index is 12.5. The zero-order valence-corrected chi connectivity index (χ0v) is 38.8. The quantitative estimate of drug-likeness (QED) is 0.0323. The molecular weight excluding hydrogens is 719 g/mol. The summed E-state index contributed by atoms with van der Waals surface area (Å²) in [5.41, 5.74) is 0. The van der Waals surface area contributed by atoms with Crippen LogP contribution in [0.5, 0.6) is 0 Å². The molecule has 0 aromatic carbocycles. The molecule has 0 aromatic rings. The fourth-order valence-electron chi connectivity index (χ4n) is 7.77. The first kappa shape index (κ1) is 56.3. The van der Waals surface area contributed by atoms with Crippen LogP contribution in [0.3, 0.4) is 0 Å². The van der Waals surface area contributed by atoms with Gasteiger partial charge in [-0.1, -0.05) is 231 Å². The molecule has 6 nitrogen and oxygen atoms in total. The lowest BCUT2D eigenvalue weighted by atomic mass is 10.0. The van der Waals surface area contributed by atoms with Crippen LogP contribution in [-0.4, -0.2) is 47.4 Å². The third-order valence-electron chi connectivity index (χ3n) is 11.8. The highest BCUT2D eigenvalue weighted by Crippen LogP contribution is 2.16. The third-order valence-corrected chi connectivity index (χ3v) is 11.8. The Labute approximate surface area is 361 Å². The van der Waals surface area contributed by atoms with E-state index in [0.29, 0.717) is 25.9 Å². The number of aliphatic hydroxyl groups excluding tert-OH is 2. The van der Waals surface area contributed by atoms with Gasteiger partial charge in [-0.2, -0.15) is 0 Å². The van der Waals surface area contributed by atoms with Crippen molar-refractivity contribution in [3.63, 3.8) is 0 Å². The predicted octanol–water partition coefficient (Wildman–Crippen LogP) is 15.1. The molecule has 0 aliphatic carbocycles. The predicted molar refractivity (Wildman–Crippen MR) is 250 cm³/mol. The number of nitrogens with one attached hydrogen (secondary N) is 1. The van der Waals surface area contributed by atoms with Crippen molar-refractivity contribution < 1.29 is 24.5 Å². The standard InChI is InChI=1S/C52H99NO5/c1-3-5-7-9-11-13-15-17-19-20-21-22-23-25-28-32-36-40-44-50(55)49(48-54)53-51(56)45-41-37-33-29-27-31-35-39-43-47-58-52(57)46-42-38-34-30-26-24-18-16-14-12-10-8-6-4-2/h10,12,16,18,49-50,54-55H,3-9,11,13-15,17,19-48H2,1-2H3,(H,53,56)/b12-10-,18-16-. The smallest absolute Gasteiger partial charge is 0.305 e. The zero-order valence-electron chi connectivity index (χ0n) is 38.8. The van der Waals surface area contributed by atoms with Crippen LogP contribution >= 0.6 is 0 Å². The normalized spacial score (nSPS) is 12.8. The van der Waals surface area contributed by atoms with Crippen molar-refractivity contribution in [2.24, 2.45) is 0 Å². The lowest BCUT2D eigenvalue weighted by molar-refractivity contribution is -0.143. The summed E-state index contributed by atoms with van der Waals surface area (Å²) in [7, 11) is 0. The maximum atomic E-state index is 12.5. The first-order valence-electron chi connectivity index (χ1n) is 25.6. The minimum atomic E-state index is -0.683. The fraction of sp³-hybridized carbons (Fsp3) is 0.885. The van der Waals surface area contributed by atoms with E-state index in [9.17, 15) is 19.8 Å². The van der Waals surface area contributed by atoms with Crippen LogP contribution < -0.4 is 5.32 Å². The molecule has 2 atom stereocenters. The molecule has 1 amide bonds. The van der Waals surface area contributed by atoms with Crippen molar-refractivity contribution in [1.29, 1.82) is 0 Å². The van der Waals surface area contributed by atoms with Gasteiger partial charge in [-0.05, 0) is 51.4 Å². The first-order valence-corrected chi connectivity index (χ1v) is 25.6. The molecule has 0 heterocycles. The average molecular weight is 818 g/mol. The minimum Gasteiger partial charge on any atom is -0.466 e. The molecule has 0 bridgehead atoms. The Balaban J connectivity index is 3.50. The molecule has 0 fully saturated rings. The van der Waals surface area contributed by atoms with Crippen molar-refractivity contribution >= 4 is 11.9 Å². The van der Waals surface area contributed by atoms with Crippen LogP contribution in [0.4, 0.5) is 0 Å². The zero-order chi connectivity index (χ0) is 42.3. The molecule has 6 heteroatoms. The molecule has 58 heavy (non-hydrogen) atoms. The van der Waals surface area contributed by atoms with E-state index in [1.807, 2.05) is 0 Å². The number of unbranched alkanes of at least 4 members (excludes halogenated alkanes) is 32. The number of esters is 1. The van der Waals surface area contributed by atoms with Gasteiger partial charge in [-0.3, -0.25) is 9.59 Å². The van der Waals surface area contributed by atoms with Crippen LogP contribution in [-0.2, 0) is 14.3 Å². The second kappa shape index (κ2) is 48.0. The summed E-state index contributed by atoms with van der Waals surface area (Å²) in [6, 6.07) is -0.562. The van der Waals surface area contributed by atoms with Gasteiger partial charge in [0.05, 0.1) is 25.4 Å². The fourth-order valence-corrected chi connectivity index (χ4v) is 7.77. The Morgan fingerprint density at radius 1 is 0.483 bits per heavy atom. The highest BCUT2D eigenvalue weighted by molar-refractivity contribution is 5.76. The molecule has 0 radical (unpaired) electrons. The molecule has 3 N–H and O–H groups in total. The summed E-state index contributed by atoms with van der Waals surface area (Å²) in [6.07, 6.45) is 55.7. The Kier molecular flexibility index (Phi) is 46.6. The summed E-state index contributed by atoms with van der Waals surface area (Å²) in [6.45, 7) is 4.85. The van der Waals surface area contributed by atoms with Crippen molar-refractivity contribution in [2.45, 2.75) is 283 Å². The van der Waals surface area contributed by atoms with E-state index in [1.54, 1.807) is 0 Å². The maximum Gasteiger partial charge on any atom is 0.305 e. The summed E-state index contributed by atoms with van der Waals surface area (Å²) in [5, 5.41) is 23.2. The van der Waals surface area contributed by atoms with Crippen LogP contribution in [0.2, 0.25) is 0 Å². The molecular formula is C52H99NO5. The largest absolute Gasteiger partial charge is 0.466 e. The van der Waals surface area contributed by atoms with E-state index in [1.165, 1.54) is 167 Å². The second-order valence-corrected chi connectivity index (χ2v) is 17.5. The number of rotatable bonds is 47. The average Bonchev–Trinajstić information content (AvgIpc) is 3.22. The van der Waals surface area contributed by atoms with Gasteiger partial charge >= 0.3 is 5.97 Å². The second-order valence-electron chi connectivity index (χ2n) is 17.5. The van der Waals surface area contributed by atoms with Crippen molar-refractivity contribution in [3.05, 3.63) is 24.3 Å². The molecule has 0 aliphatic rings. The lowest BCUT2D eigenvalue weighted by Crippen LogP contribution is -2.45. The van der Waals surface area contributed by atoms with Gasteiger partial charge in [-0.25, -0.2) is 0 Å². The molecule has 0 saturated heterocycles. The molecule has 0 spiro atoms. The highest BCUT2D eigenvalue weighted by atomic mass is 16.5. The summed E-state index contributed by atoms with van der Waals surface area (Å²) >= 11 is 0. The number of aliphatic hydroxyl groups is 2. The molecule has 0 saturated carbocycles. The summed E-state index contributed by atoms with van der Waals surface area (Å²) in [5.74, 6) is -0.102. The van der Waals surface area contributed by atoms with E-state index in [4.69, 9.17) is 4.74 Å². The number of hydrogen-bond donors (Lipinski definition) is 3. The minimum absolute atomic E-state index is 0.0393. The van der Waals surface area contributed by atoms with Gasteiger partial charge < -0.3 is 20.3 Å². The van der Waals surface area contributed by atoms with Gasteiger partial charge in [0.1, 0.15) is 0 Å². The Morgan fingerprint density at radius 3 is 1.36 bits per heavy atom. The Morgan fingerprint density at radius 2 is 0.879 bits per heavy atom.